The van der Waals surface area contributed by atoms with Gasteiger partial charge in [-0.2, -0.15) is 5.10 Å². The SMILES string of the molecule is C[C@]12CCC(=NN=C(N)N)CC1CC[C@@H]1[C@H]2CC[C@]2(C)C(O)(c3ccccc3)CC[C@@]12O. The van der Waals surface area contributed by atoms with Gasteiger partial charge in [0.1, 0.15) is 0 Å². The Morgan fingerprint density at radius 3 is 2.41 bits per heavy atom. The van der Waals surface area contributed by atoms with Crippen LogP contribution >= 0.6 is 0 Å². The zero-order chi connectivity index (χ0) is 22.8. The molecule has 0 spiro atoms. The van der Waals surface area contributed by atoms with Crippen molar-refractivity contribution in [2.24, 2.45) is 50.3 Å². The fourth-order valence-corrected chi connectivity index (χ4v) is 8.44. The van der Waals surface area contributed by atoms with Crippen LogP contribution in [0, 0.1) is 28.6 Å². The van der Waals surface area contributed by atoms with Crippen LogP contribution in [0.15, 0.2) is 40.5 Å². The van der Waals surface area contributed by atoms with Crippen molar-refractivity contribution in [2.45, 2.75) is 82.8 Å². The van der Waals surface area contributed by atoms with Crippen molar-refractivity contribution < 1.29 is 10.2 Å². The lowest BCUT2D eigenvalue weighted by atomic mass is 9.43. The number of guanidine groups is 1. The molecule has 0 bridgehead atoms. The number of nitrogens with zero attached hydrogens (tertiary/aromatic N) is 2. The topological polar surface area (TPSA) is 117 Å². The number of hydrogen-bond donors (Lipinski definition) is 4. The van der Waals surface area contributed by atoms with E-state index in [1.54, 1.807) is 0 Å². The molecule has 1 aromatic rings. The zero-order valence-electron chi connectivity index (χ0n) is 19.4. The summed E-state index contributed by atoms with van der Waals surface area (Å²) >= 11 is 0. The van der Waals surface area contributed by atoms with E-state index in [0.29, 0.717) is 24.7 Å². The summed E-state index contributed by atoms with van der Waals surface area (Å²) in [5, 5.41) is 32.5. The molecule has 32 heavy (non-hydrogen) atoms. The number of hydrogen-bond acceptors (Lipinski definition) is 4. The van der Waals surface area contributed by atoms with Crippen molar-refractivity contribution in [1.82, 2.24) is 0 Å². The summed E-state index contributed by atoms with van der Waals surface area (Å²) in [5.41, 5.74) is 10.8. The van der Waals surface area contributed by atoms with Gasteiger partial charge in [0.2, 0.25) is 5.96 Å². The van der Waals surface area contributed by atoms with Crippen LogP contribution in [0.5, 0.6) is 0 Å². The highest BCUT2D eigenvalue weighted by Crippen LogP contribution is 2.71. The Morgan fingerprint density at radius 1 is 0.938 bits per heavy atom. The number of aliphatic hydroxyl groups is 2. The first kappa shape index (κ1) is 21.9. The van der Waals surface area contributed by atoms with Crippen LogP contribution in [0.25, 0.3) is 0 Å². The summed E-state index contributed by atoms with van der Waals surface area (Å²) in [6, 6.07) is 10.0. The van der Waals surface area contributed by atoms with E-state index >= 15 is 0 Å². The highest BCUT2D eigenvalue weighted by molar-refractivity contribution is 5.86. The van der Waals surface area contributed by atoms with E-state index in [9.17, 15) is 10.2 Å². The Morgan fingerprint density at radius 2 is 1.69 bits per heavy atom. The first-order valence-electron chi connectivity index (χ1n) is 12.3. The predicted octanol–water partition coefficient (Wildman–Crippen LogP) is 3.66. The van der Waals surface area contributed by atoms with Gasteiger partial charge in [0.15, 0.2) is 0 Å². The summed E-state index contributed by atoms with van der Waals surface area (Å²) < 4.78 is 0. The first-order chi connectivity index (χ1) is 15.1. The summed E-state index contributed by atoms with van der Waals surface area (Å²) in [6.07, 6.45) is 8.23. The van der Waals surface area contributed by atoms with Crippen LogP contribution in [-0.4, -0.2) is 27.5 Å². The highest BCUT2D eigenvalue weighted by atomic mass is 16.3. The summed E-state index contributed by atoms with van der Waals surface area (Å²) in [4.78, 5) is 0. The molecule has 4 fully saturated rings. The van der Waals surface area contributed by atoms with Crippen molar-refractivity contribution in [3.05, 3.63) is 35.9 Å². The number of fused-ring (bicyclic) bond motifs is 5. The van der Waals surface area contributed by atoms with Crippen molar-refractivity contribution in [3.8, 4) is 0 Å². The monoisotopic (exact) mass is 438 g/mol. The quantitative estimate of drug-likeness (QED) is 0.320. The third-order valence-corrected chi connectivity index (χ3v) is 10.4. The maximum Gasteiger partial charge on any atom is 0.211 e. The molecule has 6 N–H and O–H groups in total. The molecule has 0 saturated heterocycles. The van der Waals surface area contributed by atoms with Crippen LogP contribution in [0.2, 0.25) is 0 Å². The molecular formula is C26H38N4O2. The van der Waals surface area contributed by atoms with E-state index in [0.717, 1.165) is 56.2 Å². The van der Waals surface area contributed by atoms with Crippen LogP contribution in [-0.2, 0) is 5.60 Å². The van der Waals surface area contributed by atoms with Crippen LogP contribution in [0.1, 0.15) is 77.2 Å². The number of nitrogens with two attached hydrogens (primary N) is 2. The van der Waals surface area contributed by atoms with Gasteiger partial charge in [0, 0.05) is 11.1 Å². The lowest BCUT2D eigenvalue weighted by Gasteiger charge is -2.64. The maximum absolute atomic E-state index is 12.3. The largest absolute Gasteiger partial charge is 0.389 e. The van der Waals surface area contributed by atoms with Crippen LogP contribution in [0.4, 0.5) is 0 Å². The van der Waals surface area contributed by atoms with Gasteiger partial charge in [0.25, 0.3) is 0 Å². The second kappa shape index (κ2) is 7.29. The van der Waals surface area contributed by atoms with Gasteiger partial charge < -0.3 is 21.7 Å². The van der Waals surface area contributed by atoms with Gasteiger partial charge in [-0.3, -0.25) is 0 Å². The molecule has 0 aliphatic heterocycles. The molecule has 6 nitrogen and oxygen atoms in total. The molecule has 0 radical (unpaired) electrons. The lowest BCUT2D eigenvalue weighted by Crippen LogP contribution is -2.64. The molecule has 4 saturated carbocycles. The summed E-state index contributed by atoms with van der Waals surface area (Å²) in [5.74, 6) is 1.27. The second-order valence-electron chi connectivity index (χ2n) is 11.4. The smallest absolute Gasteiger partial charge is 0.211 e. The molecule has 0 heterocycles. The van der Waals surface area contributed by atoms with E-state index in [4.69, 9.17) is 11.5 Å². The first-order valence-corrected chi connectivity index (χ1v) is 12.3. The van der Waals surface area contributed by atoms with E-state index in [1.165, 1.54) is 0 Å². The average Bonchev–Trinajstić information content (AvgIpc) is 3.00. The normalized spacial score (nSPS) is 46.8. The molecule has 4 aliphatic carbocycles. The van der Waals surface area contributed by atoms with Gasteiger partial charge in [-0.15, -0.1) is 5.10 Å². The molecule has 1 aromatic carbocycles. The van der Waals surface area contributed by atoms with Gasteiger partial charge in [-0.25, -0.2) is 0 Å². The van der Waals surface area contributed by atoms with Gasteiger partial charge in [-0.1, -0.05) is 44.2 Å². The van der Waals surface area contributed by atoms with E-state index in [-0.39, 0.29) is 17.3 Å². The Bertz CT molecular complexity index is 944. The van der Waals surface area contributed by atoms with E-state index in [2.05, 4.69) is 24.1 Å². The zero-order valence-corrected chi connectivity index (χ0v) is 19.4. The minimum Gasteiger partial charge on any atom is -0.389 e. The second-order valence-corrected chi connectivity index (χ2v) is 11.4. The van der Waals surface area contributed by atoms with E-state index < -0.39 is 16.6 Å². The molecule has 0 aromatic heterocycles. The van der Waals surface area contributed by atoms with Crippen molar-refractivity contribution >= 4 is 11.7 Å². The van der Waals surface area contributed by atoms with Gasteiger partial charge in [-0.05, 0) is 86.5 Å². The highest BCUT2D eigenvalue weighted by Gasteiger charge is 2.71. The Balaban J connectivity index is 1.45. The standard InChI is InChI=1S/C26H38N4O2/c1-23-12-10-19(29-30-22(27)28)16-18(23)8-9-21-20(23)11-13-24(2)25(31,14-15-26(21,24)32)17-6-4-3-5-7-17/h3-7,18,20-21,31-32H,8-16H2,1-2H3,(H4,27,28,30)/t18?,20-,21-,23+,24-,25?,26-/m1/s1. The van der Waals surface area contributed by atoms with Gasteiger partial charge >= 0.3 is 0 Å². The number of rotatable bonds is 2. The molecule has 0 amide bonds. The summed E-state index contributed by atoms with van der Waals surface area (Å²) in [7, 11) is 0. The third-order valence-electron chi connectivity index (χ3n) is 10.4. The van der Waals surface area contributed by atoms with Gasteiger partial charge in [0.05, 0.1) is 11.2 Å². The molecular weight excluding hydrogens is 400 g/mol. The Hall–Kier alpha value is -1.92. The van der Waals surface area contributed by atoms with Crippen molar-refractivity contribution in [1.29, 1.82) is 0 Å². The molecule has 174 valence electrons. The average molecular weight is 439 g/mol. The van der Waals surface area contributed by atoms with E-state index in [1.807, 2.05) is 30.3 Å². The molecule has 2 unspecified atom stereocenters. The minimum atomic E-state index is -0.974. The molecule has 5 rings (SSSR count). The fraction of sp³-hybridized carbons (Fsp3) is 0.692. The Labute approximate surface area is 191 Å². The fourth-order valence-electron chi connectivity index (χ4n) is 8.44. The van der Waals surface area contributed by atoms with Crippen LogP contribution in [0.3, 0.4) is 0 Å². The summed E-state index contributed by atoms with van der Waals surface area (Å²) in [6.45, 7) is 4.59. The van der Waals surface area contributed by atoms with Crippen molar-refractivity contribution in [2.75, 3.05) is 0 Å². The molecule has 7 atom stereocenters. The van der Waals surface area contributed by atoms with Crippen LogP contribution < -0.4 is 11.5 Å². The Kier molecular flexibility index (Phi) is 4.99. The lowest BCUT2D eigenvalue weighted by molar-refractivity contribution is -0.233. The maximum atomic E-state index is 12.3. The third kappa shape index (κ3) is 2.84. The number of benzene rings is 1. The van der Waals surface area contributed by atoms with Crippen molar-refractivity contribution in [3.63, 3.8) is 0 Å². The minimum absolute atomic E-state index is 0.00969. The predicted molar refractivity (Wildman–Crippen MR) is 127 cm³/mol. The molecule has 6 heteroatoms. The molecule has 4 aliphatic rings.